The van der Waals surface area contributed by atoms with Crippen molar-refractivity contribution in [1.82, 2.24) is 5.32 Å². The van der Waals surface area contributed by atoms with Crippen LogP contribution in [0.15, 0.2) is 68.7 Å². The number of carbonyl (C=O) groups is 1. The molecule has 134 valence electrons. The number of para-hydroxylation sites is 1. The topological polar surface area (TPSA) is 93.4 Å². The van der Waals surface area contributed by atoms with Crippen molar-refractivity contribution in [3.63, 3.8) is 0 Å². The molecule has 1 amide bonds. The van der Waals surface area contributed by atoms with Gasteiger partial charge in [0.25, 0.3) is 5.91 Å². The van der Waals surface area contributed by atoms with Gasteiger partial charge in [-0.15, -0.1) is 0 Å². The molecule has 0 saturated carbocycles. The van der Waals surface area contributed by atoms with Crippen molar-refractivity contribution < 1.29 is 17.6 Å². The predicted octanol–water partition coefficient (Wildman–Crippen LogP) is 2.69. The first-order valence-electron chi connectivity index (χ1n) is 7.89. The number of benzene rings is 2. The van der Waals surface area contributed by atoms with Crippen molar-refractivity contribution in [2.24, 2.45) is 0 Å². The molecule has 0 aliphatic rings. The Hall–Kier alpha value is -2.93. The predicted molar refractivity (Wildman–Crippen MR) is 97.9 cm³/mol. The average molecular weight is 371 g/mol. The van der Waals surface area contributed by atoms with Gasteiger partial charge in [-0.2, -0.15) is 0 Å². The van der Waals surface area contributed by atoms with Gasteiger partial charge in [-0.1, -0.05) is 24.3 Å². The fraction of sp³-hybridized carbons (Fsp3) is 0.158. The van der Waals surface area contributed by atoms with E-state index in [1.54, 1.807) is 43.3 Å². The lowest BCUT2D eigenvalue weighted by Gasteiger charge is -2.14. The van der Waals surface area contributed by atoms with Crippen molar-refractivity contribution in [1.29, 1.82) is 0 Å². The summed E-state index contributed by atoms with van der Waals surface area (Å²) < 4.78 is 28.5. The second-order valence-electron chi connectivity index (χ2n) is 6.01. The number of hydrogen-bond donors (Lipinski definition) is 1. The molecule has 3 aromatic rings. The number of nitrogens with one attached hydrogen (secondary N) is 1. The van der Waals surface area contributed by atoms with Gasteiger partial charge in [0.15, 0.2) is 21.0 Å². The van der Waals surface area contributed by atoms with E-state index in [-0.39, 0.29) is 16.1 Å². The highest BCUT2D eigenvalue weighted by molar-refractivity contribution is 7.90. The van der Waals surface area contributed by atoms with Gasteiger partial charge >= 0.3 is 0 Å². The molecule has 7 heteroatoms. The summed E-state index contributed by atoms with van der Waals surface area (Å²) in [6.07, 6.45) is 1.13. The Morgan fingerprint density at radius 1 is 1.08 bits per heavy atom. The smallest absolute Gasteiger partial charge is 0.287 e. The normalized spacial score (nSPS) is 12.7. The minimum absolute atomic E-state index is 0.0756. The summed E-state index contributed by atoms with van der Waals surface area (Å²) in [6, 6.07) is 13.7. The third-order valence-corrected chi connectivity index (χ3v) is 5.14. The van der Waals surface area contributed by atoms with Crippen LogP contribution in [0.4, 0.5) is 0 Å². The molecule has 0 bridgehead atoms. The second kappa shape index (κ2) is 6.76. The van der Waals surface area contributed by atoms with Crippen LogP contribution in [0, 0.1) is 0 Å². The average Bonchev–Trinajstić information content (AvgIpc) is 2.61. The molecule has 0 aliphatic carbocycles. The van der Waals surface area contributed by atoms with E-state index in [9.17, 15) is 18.0 Å². The lowest BCUT2D eigenvalue weighted by Crippen LogP contribution is -2.27. The van der Waals surface area contributed by atoms with Gasteiger partial charge in [0.05, 0.1) is 16.3 Å². The maximum atomic E-state index is 12.4. The summed E-state index contributed by atoms with van der Waals surface area (Å²) in [7, 11) is -3.27. The number of rotatable bonds is 4. The summed E-state index contributed by atoms with van der Waals surface area (Å²) in [5.74, 6) is -0.596. The molecule has 6 nitrogen and oxygen atoms in total. The van der Waals surface area contributed by atoms with Crippen molar-refractivity contribution in [3.8, 4) is 0 Å². The van der Waals surface area contributed by atoms with Crippen molar-refractivity contribution in [3.05, 3.63) is 76.1 Å². The van der Waals surface area contributed by atoms with Gasteiger partial charge in [-0.25, -0.2) is 8.42 Å². The Kier molecular flexibility index (Phi) is 4.65. The maximum absolute atomic E-state index is 12.4. The van der Waals surface area contributed by atoms with Crippen LogP contribution in [-0.4, -0.2) is 20.6 Å². The zero-order chi connectivity index (χ0) is 18.9. The maximum Gasteiger partial charge on any atom is 0.287 e. The molecule has 0 spiro atoms. The number of fused-ring (bicyclic) bond motifs is 1. The van der Waals surface area contributed by atoms with Crippen LogP contribution >= 0.6 is 0 Å². The Morgan fingerprint density at radius 3 is 2.38 bits per heavy atom. The van der Waals surface area contributed by atoms with E-state index < -0.39 is 21.8 Å². The summed E-state index contributed by atoms with van der Waals surface area (Å²) in [6.45, 7) is 1.76. The number of hydrogen-bond acceptors (Lipinski definition) is 5. The first-order chi connectivity index (χ1) is 12.3. The SMILES string of the molecule is C[C@H](NC(=O)c1cc(=O)c2ccccc2o1)c1ccc(S(C)(=O)=O)cc1. The Morgan fingerprint density at radius 2 is 1.73 bits per heavy atom. The molecule has 1 aromatic heterocycles. The molecule has 2 aromatic carbocycles. The highest BCUT2D eigenvalue weighted by Crippen LogP contribution is 2.17. The molecule has 0 fully saturated rings. The van der Waals surface area contributed by atoms with Crippen LogP contribution < -0.4 is 10.7 Å². The minimum Gasteiger partial charge on any atom is -0.451 e. The third-order valence-electron chi connectivity index (χ3n) is 4.01. The van der Waals surface area contributed by atoms with Crippen LogP contribution in [0.25, 0.3) is 11.0 Å². The molecule has 0 saturated heterocycles. The van der Waals surface area contributed by atoms with Gasteiger partial charge < -0.3 is 9.73 Å². The van der Waals surface area contributed by atoms with E-state index in [2.05, 4.69) is 5.32 Å². The molecule has 1 atom stereocenters. The van der Waals surface area contributed by atoms with E-state index in [1.165, 1.54) is 12.1 Å². The molecule has 1 heterocycles. The largest absolute Gasteiger partial charge is 0.451 e. The molecule has 0 radical (unpaired) electrons. The Balaban J connectivity index is 1.82. The fourth-order valence-electron chi connectivity index (χ4n) is 2.57. The molecule has 0 aliphatic heterocycles. The number of sulfone groups is 1. The lowest BCUT2D eigenvalue weighted by molar-refractivity contribution is 0.0912. The standard InChI is InChI=1S/C19H17NO5S/c1-12(13-7-9-14(10-8-13)26(2,23)24)20-19(22)18-11-16(21)15-5-3-4-6-17(15)25-18/h3-12H,1-2H3,(H,20,22)/t12-/m0/s1. The highest BCUT2D eigenvalue weighted by atomic mass is 32.2. The summed E-state index contributed by atoms with van der Waals surface area (Å²) in [5, 5.41) is 3.15. The highest BCUT2D eigenvalue weighted by Gasteiger charge is 2.16. The quantitative estimate of drug-likeness (QED) is 0.761. The third kappa shape index (κ3) is 3.67. The Bertz CT molecular complexity index is 1130. The van der Waals surface area contributed by atoms with Gasteiger partial charge in [-0.3, -0.25) is 9.59 Å². The van der Waals surface area contributed by atoms with E-state index in [0.29, 0.717) is 11.0 Å². The van der Waals surface area contributed by atoms with Crippen molar-refractivity contribution in [2.75, 3.05) is 6.26 Å². The van der Waals surface area contributed by atoms with Crippen LogP contribution in [-0.2, 0) is 9.84 Å². The van der Waals surface area contributed by atoms with Crippen LogP contribution in [0.1, 0.15) is 29.1 Å². The zero-order valence-corrected chi connectivity index (χ0v) is 15.0. The summed E-state index contributed by atoms with van der Waals surface area (Å²) in [4.78, 5) is 24.7. The monoisotopic (exact) mass is 371 g/mol. The van der Waals surface area contributed by atoms with Gasteiger partial charge in [0, 0.05) is 12.3 Å². The first-order valence-corrected chi connectivity index (χ1v) is 9.78. The van der Waals surface area contributed by atoms with Crippen molar-refractivity contribution >= 4 is 26.7 Å². The molecular weight excluding hydrogens is 354 g/mol. The van der Waals surface area contributed by atoms with Gasteiger partial charge in [0.2, 0.25) is 0 Å². The number of amides is 1. The first kappa shape index (κ1) is 17.9. The molecule has 3 rings (SSSR count). The van der Waals surface area contributed by atoms with Gasteiger partial charge in [-0.05, 0) is 36.8 Å². The molecule has 0 unspecified atom stereocenters. The van der Waals surface area contributed by atoms with E-state index >= 15 is 0 Å². The van der Waals surface area contributed by atoms with Crippen LogP contribution in [0.2, 0.25) is 0 Å². The second-order valence-corrected chi connectivity index (χ2v) is 8.02. The summed E-state index contributed by atoms with van der Waals surface area (Å²) >= 11 is 0. The van der Waals surface area contributed by atoms with Crippen LogP contribution in [0.3, 0.4) is 0 Å². The fourth-order valence-corrected chi connectivity index (χ4v) is 3.20. The Labute approximate surface area is 150 Å². The molecule has 26 heavy (non-hydrogen) atoms. The molecule has 1 N–H and O–H groups in total. The van der Waals surface area contributed by atoms with Gasteiger partial charge in [0.1, 0.15) is 5.58 Å². The molecular formula is C19H17NO5S. The van der Waals surface area contributed by atoms with E-state index in [0.717, 1.165) is 17.9 Å². The van der Waals surface area contributed by atoms with E-state index in [1.807, 2.05) is 0 Å². The number of carbonyl (C=O) groups excluding carboxylic acids is 1. The van der Waals surface area contributed by atoms with Crippen LogP contribution in [0.5, 0.6) is 0 Å². The van der Waals surface area contributed by atoms with E-state index in [4.69, 9.17) is 4.42 Å². The minimum atomic E-state index is -3.27. The summed E-state index contributed by atoms with van der Waals surface area (Å²) in [5.41, 5.74) is 0.784. The lowest BCUT2D eigenvalue weighted by atomic mass is 10.1. The van der Waals surface area contributed by atoms with Crippen molar-refractivity contribution in [2.45, 2.75) is 17.9 Å². The zero-order valence-electron chi connectivity index (χ0n) is 14.2.